The average Bonchev–Trinajstić information content (AvgIpc) is 3.59. The number of ether oxygens (including phenoxy) is 1. The Morgan fingerprint density at radius 1 is 0.778 bits per heavy atom. The maximum absolute atomic E-state index is 12.0. The van der Waals surface area contributed by atoms with Gasteiger partial charge in [-0.25, -0.2) is 9.59 Å². The van der Waals surface area contributed by atoms with Crippen LogP contribution in [0.2, 0.25) is 0 Å². The molecule has 4 N–H and O–H groups in total. The Balaban J connectivity index is 1.49. The number of anilines is 1. The normalized spacial score (nSPS) is 21.2. The zero-order valence-electron chi connectivity index (χ0n) is 18.9. The van der Waals surface area contributed by atoms with Gasteiger partial charge in [0, 0.05) is 29.0 Å². The number of para-hydroxylation sites is 1. The minimum absolute atomic E-state index is 0.277. The first-order valence-corrected chi connectivity index (χ1v) is 12.4. The fraction of sp³-hybridized carbons (Fsp3) is 0.222. The van der Waals surface area contributed by atoms with Gasteiger partial charge in [0.2, 0.25) is 0 Å². The fourth-order valence-corrected chi connectivity index (χ4v) is 6.62. The van der Waals surface area contributed by atoms with Crippen molar-refractivity contribution in [2.45, 2.75) is 41.6 Å². The van der Waals surface area contributed by atoms with Crippen molar-refractivity contribution in [3.63, 3.8) is 0 Å². The van der Waals surface area contributed by atoms with Gasteiger partial charge in [-0.05, 0) is 45.9 Å². The Morgan fingerprint density at radius 2 is 1.50 bits per heavy atom. The van der Waals surface area contributed by atoms with Crippen LogP contribution in [0.25, 0.3) is 22.3 Å². The van der Waals surface area contributed by atoms with Crippen molar-refractivity contribution in [1.82, 2.24) is 0 Å². The van der Waals surface area contributed by atoms with Gasteiger partial charge >= 0.3 is 17.9 Å². The lowest BCUT2D eigenvalue weighted by molar-refractivity contribution is -0.144. The molecule has 3 atom stereocenters. The van der Waals surface area contributed by atoms with Gasteiger partial charge in [0.25, 0.3) is 0 Å². The van der Waals surface area contributed by atoms with E-state index in [-0.39, 0.29) is 6.42 Å². The Kier molecular flexibility index (Phi) is 5.19. The molecule has 0 aliphatic carbocycles. The van der Waals surface area contributed by atoms with Gasteiger partial charge in [-0.3, -0.25) is 4.79 Å². The lowest BCUT2D eigenvalue weighted by atomic mass is 9.89. The Bertz CT molecular complexity index is 1360. The first-order valence-electron chi connectivity index (χ1n) is 11.5. The number of carboxylic acid groups (broad SMARTS) is 3. The summed E-state index contributed by atoms with van der Waals surface area (Å²) in [5, 5.41) is 31.2. The molecular formula is C27H21NO7S. The van der Waals surface area contributed by atoms with Crippen LogP contribution < -0.4 is 10.1 Å². The van der Waals surface area contributed by atoms with Crippen molar-refractivity contribution in [1.29, 1.82) is 0 Å². The summed E-state index contributed by atoms with van der Waals surface area (Å²) in [4.78, 5) is 36.0. The summed E-state index contributed by atoms with van der Waals surface area (Å²) in [5.74, 6) is -2.32. The molecule has 3 unspecified atom stereocenters. The summed E-state index contributed by atoms with van der Waals surface area (Å²) < 4.78 is 5.81. The highest BCUT2D eigenvalue weighted by Gasteiger charge is 2.36. The highest BCUT2D eigenvalue weighted by atomic mass is 32.2. The number of carboxylic acids is 3. The Labute approximate surface area is 209 Å². The van der Waals surface area contributed by atoms with Crippen LogP contribution in [0, 0.1) is 0 Å². The standard InChI is InChI=1S/C27H21NO7S/c29-25(30)20-10-17-13(4-2-6-19(17)28-20)16-8-7-14(18-11-22(27(33)34)36-24(16)18)15-5-1-3-12-9-21(26(31)32)35-23(12)15/h1-8,20-22,28H,9-11H2,(H,29,30)(H,31,32)(H,33,34). The van der Waals surface area contributed by atoms with Crippen molar-refractivity contribution in [2.24, 2.45) is 0 Å². The number of nitrogens with one attached hydrogen (secondary N) is 1. The predicted molar refractivity (Wildman–Crippen MR) is 133 cm³/mol. The summed E-state index contributed by atoms with van der Waals surface area (Å²) >= 11 is 1.29. The maximum Gasteiger partial charge on any atom is 0.345 e. The molecule has 3 aromatic rings. The first-order chi connectivity index (χ1) is 17.3. The van der Waals surface area contributed by atoms with Gasteiger partial charge in [-0.15, -0.1) is 11.8 Å². The average molecular weight is 504 g/mol. The van der Waals surface area contributed by atoms with Crippen molar-refractivity contribution < 1.29 is 34.4 Å². The first kappa shape index (κ1) is 22.5. The molecule has 0 spiro atoms. The lowest BCUT2D eigenvalue weighted by Crippen LogP contribution is -2.26. The molecule has 3 aliphatic heterocycles. The summed E-state index contributed by atoms with van der Waals surface area (Å²) in [6.45, 7) is 0. The molecule has 0 saturated carbocycles. The predicted octanol–water partition coefficient (Wildman–Crippen LogP) is 3.93. The fourth-order valence-electron chi connectivity index (χ4n) is 5.34. The van der Waals surface area contributed by atoms with Crippen LogP contribution in [0.15, 0.2) is 53.4 Å². The largest absolute Gasteiger partial charge is 0.480 e. The van der Waals surface area contributed by atoms with Crippen LogP contribution in [0.1, 0.15) is 16.7 Å². The topological polar surface area (TPSA) is 133 Å². The number of carbonyl (C=O) groups is 3. The van der Waals surface area contributed by atoms with E-state index in [1.54, 1.807) is 0 Å². The Morgan fingerprint density at radius 3 is 2.25 bits per heavy atom. The van der Waals surface area contributed by atoms with Crippen LogP contribution in [0.3, 0.4) is 0 Å². The van der Waals surface area contributed by atoms with Gasteiger partial charge < -0.3 is 25.4 Å². The number of rotatable bonds is 5. The minimum atomic E-state index is -1.02. The smallest absolute Gasteiger partial charge is 0.345 e. The van der Waals surface area contributed by atoms with E-state index in [1.807, 2.05) is 48.5 Å². The minimum Gasteiger partial charge on any atom is -0.480 e. The van der Waals surface area contributed by atoms with Gasteiger partial charge in [-0.1, -0.05) is 42.5 Å². The molecule has 0 aromatic heterocycles. The second-order valence-electron chi connectivity index (χ2n) is 9.13. The molecular weight excluding hydrogens is 482 g/mol. The van der Waals surface area contributed by atoms with E-state index in [2.05, 4.69) is 5.32 Å². The number of aliphatic carboxylic acids is 3. The number of thioether (sulfide) groups is 1. The van der Waals surface area contributed by atoms with Gasteiger partial charge in [0.1, 0.15) is 17.0 Å². The van der Waals surface area contributed by atoms with Crippen molar-refractivity contribution in [3.8, 4) is 28.0 Å². The highest BCUT2D eigenvalue weighted by molar-refractivity contribution is 8.01. The molecule has 36 heavy (non-hydrogen) atoms. The number of benzene rings is 3. The molecule has 3 heterocycles. The van der Waals surface area contributed by atoms with Gasteiger partial charge in [0.15, 0.2) is 6.10 Å². The summed E-state index contributed by atoms with van der Waals surface area (Å²) in [5.41, 5.74) is 6.66. The lowest BCUT2D eigenvalue weighted by Gasteiger charge is -2.17. The molecule has 8 nitrogen and oxygen atoms in total. The van der Waals surface area contributed by atoms with Crippen LogP contribution in [0.5, 0.6) is 5.75 Å². The molecule has 6 rings (SSSR count). The second-order valence-corrected chi connectivity index (χ2v) is 10.3. The van der Waals surface area contributed by atoms with E-state index in [0.29, 0.717) is 18.6 Å². The third-order valence-corrected chi connectivity index (χ3v) is 8.37. The summed E-state index contributed by atoms with van der Waals surface area (Å²) in [7, 11) is 0. The zero-order chi connectivity index (χ0) is 25.1. The monoisotopic (exact) mass is 503 g/mol. The summed E-state index contributed by atoms with van der Waals surface area (Å²) in [6.07, 6.45) is -0.0216. The van der Waals surface area contributed by atoms with Crippen LogP contribution in [-0.4, -0.2) is 50.6 Å². The van der Waals surface area contributed by atoms with Crippen molar-refractivity contribution in [3.05, 3.63) is 65.2 Å². The van der Waals surface area contributed by atoms with Crippen molar-refractivity contribution in [2.75, 3.05) is 5.32 Å². The molecule has 3 aliphatic rings. The quantitative estimate of drug-likeness (QED) is 0.409. The third kappa shape index (κ3) is 3.50. The Hall–Kier alpha value is -3.98. The van der Waals surface area contributed by atoms with Crippen molar-refractivity contribution >= 4 is 35.4 Å². The number of fused-ring (bicyclic) bond motifs is 3. The third-order valence-electron chi connectivity index (χ3n) is 7.02. The SMILES string of the molecule is O=C(O)C1Cc2c(cccc2-c2ccc(-c3cccc4c3OC(C(=O)O)C4)c3c2SC(C(=O)O)C3)N1. The van der Waals surface area contributed by atoms with Gasteiger partial charge in [0.05, 0.1) is 0 Å². The van der Waals surface area contributed by atoms with E-state index in [0.717, 1.165) is 49.5 Å². The molecule has 0 saturated heterocycles. The van der Waals surface area contributed by atoms with Gasteiger partial charge in [-0.2, -0.15) is 0 Å². The molecule has 182 valence electrons. The number of hydrogen-bond acceptors (Lipinski definition) is 6. The van der Waals surface area contributed by atoms with E-state index in [4.69, 9.17) is 4.74 Å². The molecule has 0 amide bonds. The van der Waals surface area contributed by atoms with E-state index < -0.39 is 35.3 Å². The van der Waals surface area contributed by atoms with Crippen LogP contribution >= 0.6 is 11.8 Å². The molecule has 3 aromatic carbocycles. The zero-order valence-corrected chi connectivity index (χ0v) is 19.7. The van der Waals surface area contributed by atoms with E-state index >= 15 is 0 Å². The van der Waals surface area contributed by atoms with E-state index in [9.17, 15) is 29.7 Å². The molecule has 0 radical (unpaired) electrons. The van der Waals surface area contributed by atoms with Crippen LogP contribution in [0.4, 0.5) is 5.69 Å². The van der Waals surface area contributed by atoms with E-state index in [1.165, 1.54) is 11.8 Å². The maximum atomic E-state index is 12.0. The molecule has 0 bridgehead atoms. The second kappa shape index (κ2) is 8.30. The molecule has 0 fully saturated rings. The highest BCUT2D eigenvalue weighted by Crippen LogP contribution is 2.51. The number of hydrogen-bond donors (Lipinski definition) is 4. The molecule has 9 heteroatoms. The summed E-state index contributed by atoms with van der Waals surface area (Å²) in [6, 6.07) is 14.4. The van der Waals surface area contributed by atoms with Crippen LogP contribution in [-0.2, 0) is 33.6 Å².